The molecule has 0 aromatic heterocycles. The Morgan fingerprint density at radius 3 is 2.36 bits per heavy atom. The Morgan fingerprint density at radius 1 is 1.08 bits per heavy atom. The zero-order chi connectivity index (χ0) is 18.0. The second kappa shape index (κ2) is 7.38. The van der Waals surface area contributed by atoms with Gasteiger partial charge in [-0.1, -0.05) is 58.5 Å². The molecule has 2 aromatic rings. The van der Waals surface area contributed by atoms with Crippen molar-refractivity contribution in [1.82, 2.24) is 9.84 Å². The summed E-state index contributed by atoms with van der Waals surface area (Å²) in [4.78, 5) is 15.1. The first-order valence-electron chi connectivity index (χ1n) is 6.98. The summed E-state index contributed by atoms with van der Waals surface area (Å²) in [6, 6.07) is 15.3. The van der Waals surface area contributed by atoms with E-state index in [1.54, 1.807) is 24.3 Å². The number of benzene rings is 2. The Hall–Kier alpha value is -1.52. The first kappa shape index (κ1) is 18.3. The molecule has 25 heavy (non-hydrogen) atoms. The number of hydrogen-bond acceptors (Lipinski definition) is 5. The van der Waals surface area contributed by atoms with Crippen LogP contribution in [0.5, 0.6) is 0 Å². The summed E-state index contributed by atoms with van der Waals surface area (Å²) in [5.74, 6) is 0. The zero-order valence-electron chi connectivity index (χ0n) is 12.5. The molecule has 0 atom stereocenters. The Bertz CT molecular complexity index is 958. The number of thiocarbonyl (C=S) groups is 1. The van der Waals surface area contributed by atoms with Crippen LogP contribution in [-0.4, -0.2) is 23.7 Å². The van der Waals surface area contributed by atoms with Crippen LogP contribution < -0.4 is 4.83 Å². The van der Waals surface area contributed by atoms with Gasteiger partial charge >= 0.3 is 5.24 Å². The van der Waals surface area contributed by atoms with Crippen molar-refractivity contribution in [2.75, 3.05) is 0 Å². The van der Waals surface area contributed by atoms with E-state index in [-0.39, 0.29) is 9.88 Å². The van der Waals surface area contributed by atoms with Crippen LogP contribution in [0.4, 0.5) is 4.79 Å². The number of halogens is 1. The molecular weight excluding hydrogens is 444 g/mol. The van der Waals surface area contributed by atoms with E-state index in [0.29, 0.717) is 4.91 Å². The van der Waals surface area contributed by atoms with E-state index >= 15 is 0 Å². The topological polar surface area (TPSA) is 66.5 Å². The summed E-state index contributed by atoms with van der Waals surface area (Å²) < 4.78 is 25.7. The van der Waals surface area contributed by atoms with Gasteiger partial charge in [0.05, 0.1) is 9.80 Å². The summed E-state index contributed by atoms with van der Waals surface area (Å²) in [6.45, 7) is 0. The van der Waals surface area contributed by atoms with Crippen LogP contribution in [0.1, 0.15) is 5.56 Å². The molecule has 1 saturated heterocycles. The molecule has 0 bridgehead atoms. The fraction of sp³-hybridized carbons (Fsp3) is 0. The molecule has 0 spiro atoms. The minimum absolute atomic E-state index is 0.0564. The highest BCUT2D eigenvalue weighted by Gasteiger charge is 2.35. The fourth-order valence-corrected chi connectivity index (χ4v) is 4.60. The molecule has 1 aliphatic rings. The fourth-order valence-electron chi connectivity index (χ4n) is 2.03. The van der Waals surface area contributed by atoms with Crippen LogP contribution in [0.2, 0.25) is 0 Å². The van der Waals surface area contributed by atoms with E-state index < -0.39 is 15.3 Å². The molecule has 0 aliphatic carbocycles. The molecule has 1 heterocycles. The van der Waals surface area contributed by atoms with Gasteiger partial charge in [0.25, 0.3) is 10.0 Å². The maximum absolute atomic E-state index is 12.4. The monoisotopic (exact) mass is 454 g/mol. The molecule has 1 fully saturated rings. The predicted octanol–water partition coefficient (Wildman–Crippen LogP) is 4.18. The maximum atomic E-state index is 12.4. The molecule has 9 heteroatoms. The highest BCUT2D eigenvalue weighted by atomic mass is 79.9. The zero-order valence-corrected chi connectivity index (χ0v) is 16.6. The average molecular weight is 455 g/mol. The van der Waals surface area contributed by atoms with Gasteiger partial charge in [-0.2, -0.15) is 0 Å². The molecular formula is C16H11BrN2O3S3. The number of nitrogens with zero attached hydrogens (tertiary/aromatic N) is 1. The van der Waals surface area contributed by atoms with Crippen LogP contribution in [0, 0.1) is 0 Å². The largest absolute Gasteiger partial charge is 0.307 e. The number of hydrazine groups is 1. The summed E-state index contributed by atoms with van der Waals surface area (Å²) in [7, 11) is -3.89. The molecule has 2 aromatic carbocycles. The van der Waals surface area contributed by atoms with Crippen LogP contribution in [0.25, 0.3) is 6.08 Å². The van der Waals surface area contributed by atoms with E-state index in [2.05, 4.69) is 20.8 Å². The molecule has 1 N–H and O–H groups in total. The third-order valence-corrected chi connectivity index (χ3v) is 6.49. The Morgan fingerprint density at radius 2 is 1.72 bits per heavy atom. The summed E-state index contributed by atoms with van der Waals surface area (Å²) in [5, 5.41) is 0.389. The van der Waals surface area contributed by atoms with Crippen molar-refractivity contribution in [3.05, 3.63) is 69.5 Å². The number of thioether (sulfide) groups is 1. The lowest BCUT2D eigenvalue weighted by Gasteiger charge is -2.16. The van der Waals surface area contributed by atoms with E-state index in [9.17, 15) is 13.2 Å². The summed E-state index contributed by atoms with van der Waals surface area (Å²) in [5.41, 5.74) is 0.855. The van der Waals surface area contributed by atoms with Crippen molar-refractivity contribution in [3.8, 4) is 0 Å². The molecule has 0 unspecified atom stereocenters. The Kier molecular flexibility index (Phi) is 5.40. The minimum atomic E-state index is -3.89. The minimum Gasteiger partial charge on any atom is -0.259 e. The summed E-state index contributed by atoms with van der Waals surface area (Å²) in [6.07, 6.45) is 1.74. The molecule has 128 valence electrons. The predicted molar refractivity (Wildman–Crippen MR) is 106 cm³/mol. The highest BCUT2D eigenvalue weighted by Crippen LogP contribution is 2.32. The lowest BCUT2D eigenvalue weighted by molar-refractivity contribution is 0.241. The van der Waals surface area contributed by atoms with Gasteiger partial charge < -0.3 is 0 Å². The van der Waals surface area contributed by atoms with Crippen molar-refractivity contribution < 1.29 is 13.2 Å². The standard InChI is InChI=1S/C16H11BrN2O3S3/c17-12-8-6-11(7-9-12)10-14-15(23)19(16(20)24-14)18-25(21,22)13-4-2-1-3-5-13/h1-10,18H/b14-10+. The van der Waals surface area contributed by atoms with Gasteiger partial charge in [0, 0.05) is 4.47 Å². The lowest BCUT2D eigenvalue weighted by Crippen LogP contribution is -2.44. The van der Waals surface area contributed by atoms with Crippen molar-refractivity contribution in [2.24, 2.45) is 0 Å². The normalized spacial score (nSPS) is 16.7. The molecule has 5 nitrogen and oxygen atoms in total. The number of nitrogens with one attached hydrogen (secondary N) is 1. The quantitative estimate of drug-likeness (QED) is 0.554. The highest BCUT2D eigenvalue weighted by molar-refractivity contribution is 9.10. The van der Waals surface area contributed by atoms with E-state index in [1.165, 1.54) is 12.1 Å². The van der Waals surface area contributed by atoms with Gasteiger partial charge in [-0.3, -0.25) is 4.79 Å². The lowest BCUT2D eigenvalue weighted by atomic mass is 10.2. The van der Waals surface area contributed by atoms with Crippen molar-refractivity contribution in [2.45, 2.75) is 4.90 Å². The molecule has 0 saturated carbocycles. The third-order valence-electron chi connectivity index (χ3n) is 3.23. The SMILES string of the molecule is O=C1S/C(=C/c2ccc(Br)cc2)C(=S)N1NS(=O)(=O)c1ccccc1. The number of carbonyl (C=O) groups is 1. The van der Waals surface area contributed by atoms with E-state index in [0.717, 1.165) is 26.8 Å². The second-order valence-electron chi connectivity index (χ2n) is 4.98. The number of carbonyl (C=O) groups excluding carboxylic acids is 1. The van der Waals surface area contributed by atoms with Crippen LogP contribution >= 0.6 is 39.9 Å². The molecule has 1 aliphatic heterocycles. The number of rotatable bonds is 4. The maximum Gasteiger partial charge on any atom is 0.307 e. The number of amides is 1. The Balaban J connectivity index is 1.83. The number of sulfonamides is 1. The van der Waals surface area contributed by atoms with Crippen LogP contribution in [0.15, 0.2) is 68.9 Å². The van der Waals surface area contributed by atoms with Gasteiger partial charge in [0.1, 0.15) is 4.99 Å². The smallest absolute Gasteiger partial charge is 0.259 e. The van der Waals surface area contributed by atoms with Crippen molar-refractivity contribution >= 4 is 66.2 Å². The molecule has 3 rings (SSSR count). The van der Waals surface area contributed by atoms with E-state index in [1.807, 2.05) is 24.3 Å². The van der Waals surface area contributed by atoms with Gasteiger partial charge in [-0.15, -0.1) is 4.83 Å². The van der Waals surface area contributed by atoms with Crippen LogP contribution in [-0.2, 0) is 10.0 Å². The van der Waals surface area contributed by atoms with Gasteiger partial charge in [0.15, 0.2) is 0 Å². The van der Waals surface area contributed by atoms with Gasteiger partial charge in [0.2, 0.25) is 0 Å². The first-order chi connectivity index (χ1) is 11.9. The first-order valence-corrected chi connectivity index (χ1v) is 10.5. The third kappa shape index (κ3) is 4.18. The second-order valence-corrected chi connectivity index (χ2v) is 8.93. The Labute approximate surface area is 163 Å². The average Bonchev–Trinajstić information content (AvgIpc) is 2.85. The molecule has 1 amide bonds. The molecule has 0 radical (unpaired) electrons. The van der Waals surface area contributed by atoms with E-state index in [4.69, 9.17) is 12.2 Å². The summed E-state index contributed by atoms with van der Waals surface area (Å²) >= 11 is 9.50. The van der Waals surface area contributed by atoms with Gasteiger partial charge in [-0.25, -0.2) is 13.4 Å². The number of hydrogen-bond donors (Lipinski definition) is 1. The van der Waals surface area contributed by atoms with Gasteiger partial charge in [-0.05, 0) is 47.7 Å². The van der Waals surface area contributed by atoms with Crippen LogP contribution in [0.3, 0.4) is 0 Å². The van der Waals surface area contributed by atoms with Crippen molar-refractivity contribution in [1.29, 1.82) is 0 Å². The van der Waals surface area contributed by atoms with Crippen molar-refractivity contribution in [3.63, 3.8) is 0 Å².